The van der Waals surface area contributed by atoms with Crippen molar-refractivity contribution in [1.29, 1.82) is 0 Å². The maximum Gasteiger partial charge on any atom is 0.247 e. The van der Waals surface area contributed by atoms with Gasteiger partial charge in [0.2, 0.25) is 21.8 Å². The number of halogens is 1. The van der Waals surface area contributed by atoms with E-state index in [1.54, 1.807) is 0 Å². The van der Waals surface area contributed by atoms with Gasteiger partial charge in [0.05, 0.1) is 4.90 Å². The Morgan fingerprint density at radius 3 is 2.38 bits per heavy atom. The van der Waals surface area contributed by atoms with Crippen LogP contribution in [0.4, 0.5) is 4.39 Å². The van der Waals surface area contributed by atoms with Gasteiger partial charge in [-0.25, -0.2) is 12.8 Å². The van der Waals surface area contributed by atoms with E-state index in [0.717, 1.165) is 24.8 Å². The summed E-state index contributed by atoms with van der Waals surface area (Å²) in [6, 6.07) is 14.6. The molecule has 1 aliphatic carbocycles. The fourth-order valence-electron chi connectivity index (χ4n) is 4.25. The predicted octanol–water partition coefficient (Wildman–Crippen LogP) is 3.83. The first-order valence-electron chi connectivity index (χ1n) is 9.63. The van der Waals surface area contributed by atoms with Gasteiger partial charge in [0.25, 0.3) is 0 Å². The van der Waals surface area contributed by atoms with Crippen LogP contribution in [0.15, 0.2) is 63.9 Å². The Hall–Kier alpha value is -2.58. The van der Waals surface area contributed by atoms with Crippen LogP contribution in [0.5, 0.6) is 0 Å². The van der Waals surface area contributed by atoms with Crippen LogP contribution >= 0.6 is 0 Å². The van der Waals surface area contributed by atoms with Crippen molar-refractivity contribution in [3.8, 4) is 11.5 Å². The maximum atomic E-state index is 13.1. The zero-order chi connectivity index (χ0) is 20.1. The van der Waals surface area contributed by atoms with Crippen LogP contribution in [0.25, 0.3) is 11.5 Å². The van der Waals surface area contributed by atoms with E-state index < -0.39 is 15.8 Å². The second kappa shape index (κ2) is 6.74. The summed E-state index contributed by atoms with van der Waals surface area (Å²) in [5.74, 6) is 0.887. The Labute approximate surface area is 168 Å². The second-order valence-electron chi connectivity index (χ2n) is 7.79. The summed E-state index contributed by atoms with van der Waals surface area (Å²) in [6.07, 6.45) is 2.44. The third-order valence-electron chi connectivity index (χ3n) is 6.12. The highest BCUT2D eigenvalue weighted by atomic mass is 32.2. The molecule has 1 spiro atoms. The number of sulfonamides is 1. The normalized spacial score (nSPS) is 21.3. The molecule has 1 atom stereocenters. The first kappa shape index (κ1) is 18.4. The smallest absolute Gasteiger partial charge is 0.247 e. The molecule has 5 rings (SSSR count). The van der Waals surface area contributed by atoms with Crippen LogP contribution in [0, 0.1) is 11.2 Å². The van der Waals surface area contributed by atoms with Crippen molar-refractivity contribution < 1.29 is 17.2 Å². The molecule has 0 N–H and O–H groups in total. The Morgan fingerprint density at radius 1 is 1.00 bits per heavy atom. The summed E-state index contributed by atoms with van der Waals surface area (Å²) in [5.41, 5.74) is 0.927. The van der Waals surface area contributed by atoms with Crippen molar-refractivity contribution in [1.82, 2.24) is 14.5 Å². The van der Waals surface area contributed by atoms with E-state index in [1.165, 1.54) is 28.6 Å². The molecule has 2 aromatic carbocycles. The van der Waals surface area contributed by atoms with Gasteiger partial charge in [0, 0.05) is 24.6 Å². The summed E-state index contributed by atoms with van der Waals surface area (Å²) < 4.78 is 46.1. The number of nitrogens with zero attached hydrogens (tertiary/aromatic N) is 3. The zero-order valence-electron chi connectivity index (χ0n) is 15.7. The molecule has 2 fully saturated rings. The van der Waals surface area contributed by atoms with Gasteiger partial charge in [0.1, 0.15) is 5.82 Å². The molecule has 0 unspecified atom stereocenters. The summed E-state index contributed by atoms with van der Waals surface area (Å²) in [6.45, 7) is 0.881. The van der Waals surface area contributed by atoms with Crippen LogP contribution in [-0.2, 0) is 10.0 Å². The van der Waals surface area contributed by atoms with Gasteiger partial charge in [-0.1, -0.05) is 18.2 Å². The van der Waals surface area contributed by atoms with E-state index in [0.29, 0.717) is 24.9 Å². The van der Waals surface area contributed by atoms with Crippen molar-refractivity contribution in [2.24, 2.45) is 5.41 Å². The molecule has 2 aliphatic rings. The molecule has 1 saturated heterocycles. The fourth-order valence-corrected chi connectivity index (χ4v) is 5.69. The number of hydrogen-bond donors (Lipinski definition) is 0. The number of hydrogen-bond acceptors (Lipinski definition) is 5. The molecular weight excluding hydrogens is 393 g/mol. The summed E-state index contributed by atoms with van der Waals surface area (Å²) in [5, 5.41) is 8.42. The summed E-state index contributed by atoms with van der Waals surface area (Å²) >= 11 is 0. The quantitative estimate of drug-likeness (QED) is 0.650. The molecule has 0 radical (unpaired) electrons. The molecule has 6 nitrogen and oxygen atoms in total. The molecule has 3 aromatic rings. The molecule has 0 bridgehead atoms. The second-order valence-corrected chi connectivity index (χ2v) is 9.73. The minimum Gasteiger partial charge on any atom is -0.420 e. The minimum atomic E-state index is -3.60. The minimum absolute atomic E-state index is 0.0370. The van der Waals surface area contributed by atoms with E-state index in [-0.39, 0.29) is 16.2 Å². The monoisotopic (exact) mass is 413 g/mol. The Kier molecular flexibility index (Phi) is 4.29. The van der Waals surface area contributed by atoms with E-state index in [2.05, 4.69) is 10.2 Å². The molecule has 8 heteroatoms. The van der Waals surface area contributed by atoms with E-state index in [1.807, 2.05) is 30.3 Å². The van der Waals surface area contributed by atoms with Crippen LogP contribution in [0.2, 0.25) is 0 Å². The highest BCUT2D eigenvalue weighted by molar-refractivity contribution is 7.89. The lowest BCUT2D eigenvalue weighted by molar-refractivity contribution is 0.246. The van der Waals surface area contributed by atoms with Crippen LogP contribution in [-0.4, -0.2) is 36.0 Å². The summed E-state index contributed by atoms with van der Waals surface area (Å²) in [7, 11) is -3.60. The third-order valence-corrected chi connectivity index (χ3v) is 8.03. The topological polar surface area (TPSA) is 76.3 Å². The molecule has 29 heavy (non-hydrogen) atoms. The Bertz CT molecular complexity index is 1120. The van der Waals surface area contributed by atoms with E-state index in [4.69, 9.17) is 4.42 Å². The van der Waals surface area contributed by atoms with Crippen molar-refractivity contribution in [2.45, 2.75) is 30.1 Å². The molecule has 150 valence electrons. The first-order chi connectivity index (χ1) is 14.0. The lowest BCUT2D eigenvalue weighted by atomic mass is 9.92. The van der Waals surface area contributed by atoms with Crippen LogP contribution in [0.3, 0.4) is 0 Å². The average Bonchev–Trinajstić information content (AvgIpc) is 3.21. The van der Waals surface area contributed by atoms with Gasteiger partial charge in [-0.2, -0.15) is 4.31 Å². The fraction of sp³-hybridized carbons (Fsp3) is 0.333. The molecule has 0 amide bonds. The third kappa shape index (κ3) is 3.26. The van der Waals surface area contributed by atoms with E-state index >= 15 is 0 Å². The lowest BCUT2D eigenvalue weighted by Crippen LogP contribution is -2.39. The van der Waals surface area contributed by atoms with Crippen molar-refractivity contribution in [3.05, 3.63) is 66.3 Å². The number of benzene rings is 2. The van der Waals surface area contributed by atoms with Crippen LogP contribution < -0.4 is 0 Å². The van der Waals surface area contributed by atoms with Gasteiger partial charge in [-0.3, -0.25) is 0 Å². The molecule has 2 heterocycles. The molecule has 1 aromatic heterocycles. The predicted molar refractivity (Wildman–Crippen MR) is 104 cm³/mol. The Balaban J connectivity index is 1.27. The van der Waals surface area contributed by atoms with Crippen molar-refractivity contribution >= 4 is 10.0 Å². The van der Waals surface area contributed by atoms with Crippen molar-refractivity contribution in [2.75, 3.05) is 13.1 Å². The largest absolute Gasteiger partial charge is 0.420 e. The highest BCUT2D eigenvalue weighted by Crippen LogP contribution is 2.64. The van der Waals surface area contributed by atoms with Gasteiger partial charge in [-0.05, 0) is 61.1 Å². The lowest BCUT2D eigenvalue weighted by Gasteiger charge is -2.31. The molecule has 1 saturated carbocycles. The standard InChI is InChI=1S/C21H20FN3O3S/c22-16-6-8-17(9-7-16)29(26,27)25-12-10-21(11-13-25)14-18(21)20-24-23-19(28-20)15-4-2-1-3-5-15/h1-9,18H,10-14H2/t18-/m0/s1. The SMILES string of the molecule is O=S(=O)(c1ccc(F)cc1)N1CCC2(CC1)C[C@H]2c1nnc(-c2ccccc2)o1. The molecule has 1 aliphatic heterocycles. The number of piperidine rings is 1. The van der Waals surface area contributed by atoms with E-state index in [9.17, 15) is 12.8 Å². The first-order valence-corrected chi connectivity index (χ1v) is 11.1. The summed E-state index contributed by atoms with van der Waals surface area (Å²) in [4.78, 5) is 0.131. The van der Waals surface area contributed by atoms with Gasteiger partial charge in [0.15, 0.2) is 0 Å². The zero-order valence-corrected chi connectivity index (χ0v) is 16.5. The van der Waals surface area contributed by atoms with Gasteiger partial charge in [-0.15, -0.1) is 10.2 Å². The maximum absolute atomic E-state index is 13.1. The van der Waals surface area contributed by atoms with Crippen molar-refractivity contribution in [3.63, 3.8) is 0 Å². The van der Waals surface area contributed by atoms with Gasteiger partial charge >= 0.3 is 0 Å². The molecular formula is C21H20FN3O3S. The highest BCUT2D eigenvalue weighted by Gasteiger charge is 2.58. The Morgan fingerprint density at radius 2 is 1.69 bits per heavy atom. The average molecular weight is 413 g/mol. The van der Waals surface area contributed by atoms with Crippen LogP contribution in [0.1, 0.15) is 31.1 Å². The van der Waals surface area contributed by atoms with Gasteiger partial charge < -0.3 is 4.42 Å². The number of rotatable bonds is 4. The number of aromatic nitrogens is 2.